The number of benzene rings is 2. The third kappa shape index (κ3) is 7.26. The van der Waals surface area contributed by atoms with Gasteiger partial charge in [0.15, 0.2) is 17.8 Å². The van der Waals surface area contributed by atoms with Crippen LogP contribution in [0.1, 0.15) is 24.0 Å². The van der Waals surface area contributed by atoms with Gasteiger partial charge in [-0.15, -0.1) is 10.2 Å². The fourth-order valence-corrected chi connectivity index (χ4v) is 4.35. The number of aliphatic hydroxyl groups is 2. The Morgan fingerprint density at radius 1 is 0.977 bits per heavy atom. The number of aromatic nitrogens is 6. The summed E-state index contributed by atoms with van der Waals surface area (Å²) in [6, 6.07) is 11.5. The second kappa shape index (κ2) is 12.5. The van der Waals surface area contributed by atoms with E-state index >= 15 is 0 Å². The Morgan fingerprint density at radius 3 is 2.21 bits per heavy atom. The normalized spacial score (nSPS) is 13.7. The Kier molecular flexibility index (Phi) is 9.34. The van der Waals surface area contributed by atoms with E-state index in [9.17, 15) is 46.1 Å². The second-order valence-electron chi connectivity index (χ2n) is 9.19. The standard InChI is InChI=1S/C25H20Cl2F6N6O4/c26-15-7-5-13(6-8-15)22-36-38(23(43)37(22)10-19(42)25(31,32)33)11-20-34-21(14(12-40)9-18(41)24(28,29)30)39(35-20)17-4-2-1-3-16(17)27/h1-8,14,19,40,42H,9-12H2/t14?,19-/m0/s1. The summed E-state index contributed by atoms with van der Waals surface area (Å²) >= 11 is 12.1. The maximum absolute atomic E-state index is 13.2. The van der Waals surface area contributed by atoms with Gasteiger partial charge in [-0.1, -0.05) is 35.3 Å². The number of Topliss-reactive ketones (excluding diaryl/α,β-unsaturated/α-hetero) is 1. The molecule has 0 amide bonds. The Hall–Kier alpha value is -3.73. The molecule has 0 fully saturated rings. The number of ketones is 1. The first kappa shape index (κ1) is 32.2. The van der Waals surface area contributed by atoms with E-state index in [-0.39, 0.29) is 38.8 Å². The minimum absolute atomic E-state index is 0.0756. The molecule has 230 valence electrons. The molecule has 0 saturated heterocycles. The van der Waals surface area contributed by atoms with Crippen LogP contribution in [0.5, 0.6) is 0 Å². The highest BCUT2D eigenvalue weighted by Crippen LogP contribution is 2.29. The molecule has 43 heavy (non-hydrogen) atoms. The average molecular weight is 653 g/mol. The Morgan fingerprint density at radius 2 is 1.63 bits per heavy atom. The molecule has 2 aromatic heterocycles. The molecule has 2 heterocycles. The van der Waals surface area contributed by atoms with Crippen molar-refractivity contribution in [3.8, 4) is 17.1 Å². The zero-order valence-corrected chi connectivity index (χ0v) is 23.0. The summed E-state index contributed by atoms with van der Waals surface area (Å²) in [5.74, 6) is -4.47. The van der Waals surface area contributed by atoms with E-state index in [0.29, 0.717) is 9.25 Å². The zero-order valence-electron chi connectivity index (χ0n) is 21.5. The summed E-state index contributed by atoms with van der Waals surface area (Å²) < 4.78 is 80.8. The molecule has 2 atom stereocenters. The van der Waals surface area contributed by atoms with Gasteiger partial charge in [0.05, 0.1) is 23.9 Å². The molecular weight excluding hydrogens is 633 g/mol. The van der Waals surface area contributed by atoms with Crippen molar-refractivity contribution in [1.29, 1.82) is 0 Å². The molecule has 0 radical (unpaired) electrons. The third-order valence-electron chi connectivity index (χ3n) is 6.14. The predicted molar refractivity (Wildman–Crippen MR) is 140 cm³/mol. The summed E-state index contributed by atoms with van der Waals surface area (Å²) in [5, 5.41) is 28.2. The van der Waals surface area contributed by atoms with E-state index in [1.54, 1.807) is 6.07 Å². The molecule has 0 saturated carbocycles. The topological polar surface area (TPSA) is 128 Å². The van der Waals surface area contributed by atoms with E-state index in [1.807, 2.05) is 0 Å². The van der Waals surface area contributed by atoms with Gasteiger partial charge in [0, 0.05) is 22.9 Å². The molecule has 0 aliphatic heterocycles. The van der Waals surface area contributed by atoms with Crippen LogP contribution < -0.4 is 5.69 Å². The van der Waals surface area contributed by atoms with E-state index in [4.69, 9.17) is 23.2 Å². The van der Waals surface area contributed by atoms with Gasteiger partial charge in [-0.25, -0.2) is 19.1 Å². The summed E-state index contributed by atoms with van der Waals surface area (Å²) in [6.07, 6.45) is -14.4. The van der Waals surface area contributed by atoms with Crippen molar-refractivity contribution in [1.82, 2.24) is 29.1 Å². The first-order valence-electron chi connectivity index (χ1n) is 12.2. The molecular formula is C25H20Cl2F6N6O4. The van der Waals surface area contributed by atoms with Crippen LogP contribution >= 0.6 is 23.2 Å². The maximum Gasteiger partial charge on any atom is 0.449 e. The number of carbonyl (C=O) groups excluding carboxylic acids is 1. The van der Waals surface area contributed by atoms with Crippen LogP contribution in [-0.2, 0) is 17.9 Å². The monoisotopic (exact) mass is 652 g/mol. The molecule has 0 aliphatic carbocycles. The van der Waals surface area contributed by atoms with Gasteiger partial charge in [0.1, 0.15) is 12.4 Å². The summed E-state index contributed by atoms with van der Waals surface area (Å²) in [6.45, 7) is -2.77. The van der Waals surface area contributed by atoms with Gasteiger partial charge in [0.25, 0.3) is 0 Å². The quantitative estimate of drug-likeness (QED) is 0.246. The number of alkyl halides is 6. The molecule has 4 aromatic rings. The van der Waals surface area contributed by atoms with E-state index < -0.39 is 62.0 Å². The first-order valence-corrected chi connectivity index (χ1v) is 13.0. The lowest BCUT2D eigenvalue weighted by atomic mass is 10.0. The summed E-state index contributed by atoms with van der Waals surface area (Å²) in [7, 11) is 0. The van der Waals surface area contributed by atoms with Crippen LogP contribution in [0.4, 0.5) is 26.3 Å². The molecule has 1 unspecified atom stereocenters. The lowest BCUT2D eigenvalue weighted by Gasteiger charge is -2.15. The van der Waals surface area contributed by atoms with Crippen molar-refractivity contribution in [3.63, 3.8) is 0 Å². The van der Waals surface area contributed by atoms with Crippen LogP contribution in [-0.4, -0.2) is 70.2 Å². The number of aliphatic hydroxyl groups excluding tert-OH is 2. The van der Waals surface area contributed by atoms with Gasteiger partial charge >= 0.3 is 18.0 Å². The van der Waals surface area contributed by atoms with Crippen LogP contribution in [0, 0.1) is 0 Å². The van der Waals surface area contributed by atoms with Gasteiger partial charge in [0.2, 0.25) is 5.78 Å². The highest BCUT2D eigenvalue weighted by atomic mass is 35.5. The van der Waals surface area contributed by atoms with E-state index in [0.717, 1.165) is 4.68 Å². The maximum atomic E-state index is 13.2. The average Bonchev–Trinajstić information content (AvgIpc) is 3.48. The van der Waals surface area contributed by atoms with Gasteiger partial charge < -0.3 is 10.2 Å². The number of para-hydroxylation sites is 1. The zero-order chi connectivity index (χ0) is 31.7. The second-order valence-corrected chi connectivity index (χ2v) is 10.0. The van der Waals surface area contributed by atoms with E-state index in [2.05, 4.69) is 15.2 Å². The minimum Gasteiger partial charge on any atom is -0.396 e. The fraction of sp³-hybridized carbons (Fsp3) is 0.320. The van der Waals surface area contributed by atoms with Crippen LogP contribution in [0.2, 0.25) is 10.0 Å². The predicted octanol–water partition coefficient (Wildman–Crippen LogP) is 4.17. The first-order chi connectivity index (χ1) is 20.1. The molecule has 2 N–H and O–H groups in total. The number of rotatable bonds is 10. The highest BCUT2D eigenvalue weighted by molar-refractivity contribution is 6.32. The van der Waals surface area contributed by atoms with Crippen molar-refractivity contribution >= 4 is 29.0 Å². The van der Waals surface area contributed by atoms with Crippen LogP contribution in [0.3, 0.4) is 0 Å². The molecule has 10 nitrogen and oxygen atoms in total. The van der Waals surface area contributed by atoms with E-state index in [1.165, 1.54) is 42.5 Å². The lowest BCUT2D eigenvalue weighted by molar-refractivity contribution is -0.207. The SMILES string of the molecule is O=C(CC(CO)c1nc(Cn2nc(-c3ccc(Cl)cc3)n(C[C@H](O)C(F)(F)F)c2=O)nn1-c1ccccc1Cl)C(F)(F)F. The Bertz CT molecular complexity index is 1670. The van der Waals surface area contributed by atoms with Gasteiger partial charge in [-0.2, -0.15) is 26.3 Å². The molecule has 2 aromatic carbocycles. The summed E-state index contributed by atoms with van der Waals surface area (Å²) in [5.41, 5.74) is -0.811. The molecule has 18 heteroatoms. The Labute approximate surface area is 247 Å². The smallest absolute Gasteiger partial charge is 0.396 e. The van der Waals surface area contributed by atoms with Crippen molar-refractivity contribution in [3.05, 3.63) is 80.7 Å². The van der Waals surface area contributed by atoms with Crippen LogP contribution in [0.15, 0.2) is 53.3 Å². The number of hydrogen-bond donors (Lipinski definition) is 2. The fourth-order valence-electron chi connectivity index (χ4n) is 4.01. The van der Waals surface area contributed by atoms with Crippen molar-refractivity contribution in [2.24, 2.45) is 0 Å². The van der Waals surface area contributed by atoms with Crippen molar-refractivity contribution < 1.29 is 41.4 Å². The summed E-state index contributed by atoms with van der Waals surface area (Å²) in [4.78, 5) is 29.1. The lowest BCUT2D eigenvalue weighted by Crippen LogP contribution is -2.37. The number of nitrogens with zero attached hydrogens (tertiary/aromatic N) is 6. The van der Waals surface area contributed by atoms with Gasteiger partial charge in [-0.05, 0) is 36.4 Å². The molecule has 0 aliphatic rings. The van der Waals surface area contributed by atoms with Crippen molar-refractivity contribution in [2.75, 3.05) is 6.61 Å². The Balaban J connectivity index is 1.81. The van der Waals surface area contributed by atoms with Crippen molar-refractivity contribution in [2.45, 2.75) is 43.9 Å². The number of carbonyl (C=O) groups is 1. The largest absolute Gasteiger partial charge is 0.449 e. The highest BCUT2D eigenvalue weighted by Gasteiger charge is 2.41. The molecule has 0 spiro atoms. The molecule has 0 bridgehead atoms. The minimum atomic E-state index is -5.19. The van der Waals surface area contributed by atoms with Crippen LogP contribution in [0.25, 0.3) is 17.1 Å². The third-order valence-corrected chi connectivity index (χ3v) is 6.71. The van der Waals surface area contributed by atoms with Gasteiger partial charge in [-0.3, -0.25) is 9.36 Å². The number of hydrogen-bond acceptors (Lipinski definition) is 7. The number of halogens is 8. The molecule has 4 rings (SSSR count).